The predicted octanol–water partition coefficient (Wildman–Crippen LogP) is 1.25. The van der Waals surface area contributed by atoms with Crippen molar-refractivity contribution in [2.75, 3.05) is 5.32 Å². The maximum Gasteiger partial charge on any atom is 0.271 e. The second kappa shape index (κ2) is 5.14. The Hall–Kier alpha value is -1.95. The summed E-state index contributed by atoms with van der Waals surface area (Å²) in [4.78, 5) is 26.8. The number of carbonyl (C=O) groups is 2. The molecule has 2 heterocycles. The summed E-state index contributed by atoms with van der Waals surface area (Å²) in [6.07, 6.45) is 0.599. The first-order chi connectivity index (χ1) is 8.56. The largest absolute Gasteiger partial charge is 0.319 e. The summed E-state index contributed by atoms with van der Waals surface area (Å²) in [6, 6.07) is 3.26. The minimum atomic E-state index is -0.345. The van der Waals surface area contributed by atoms with E-state index in [1.54, 1.807) is 19.1 Å². The van der Waals surface area contributed by atoms with Gasteiger partial charge >= 0.3 is 0 Å². The number of nitrogens with one attached hydrogen (secondary N) is 2. The van der Waals surface area contributed by atoms with Crippen LogP contribution in [-0.2, 0) is 9.59 Å². The molecule has 18 heavy (non-hydrogen) atoms. The van der Waals surface area contributed by atoms with Crippen molar-refractivity contribution in [3.8, 4) is 0 Å². The average molecular weight is 267 g/mol. The van der Waals surface area contributed by atoms with Crippen LogP contribution >= 0.6 is 11.6 Å². The minimum absolute atomic E-state index is 0.184. The fourth-order valence-electron chi connectivity index (χ4n) is 1.49. The number of hydrazone groups is 1. The van der Waals surface area contributed by atoms with E-state index in [9.17, 15) is 9.59 Å². The first kappa shape index (κ1) is 12.5. The van der Waals surface area contributed by atoms with Gasteiger partial charge in [0.05, 0.1) is 11.4 Å². The summed E-state index contributed by atoms with van der Waals surface area (Å²) in [5, 5.41) is 6.76. The van der Waals surface area contributed by atoms with Gasteiger partial charge in [0.25, 0.3) is 5.91 Å². The number of pyridine rings is 1. The van der Waals surface area contributed by atoms with Crippen molar-refractivity contribution in [3.05, 3.63) is 23.0 Å². The molecule has 0 saturated carbocycles. The van der Waals surface area contributed by atoms with Crippen LogP contribution < -0.4 is 10.7 Å². The van der Waals surface area contributed by atoms with E-state index < -0.39 is 0 Å². The van der Waals surface area contributed by atoms with Gasteiger partial charge in [-0.2, -0.15) is 5.10 Å². The fraction of sp³-hybridized carbons (Fsp3) is 0.273. The molecule has 7 heteroatoms. The Balaban J connectivity index is 2.09. The third-order valence-corrected chi connectivity index (χ3v) is 2.68. The molecule has 1 aromatic rings. The molecule has 0 aliphatic carbocycles. The predicted molar refractivity (Wildman–Crippen MR) is 67.4 cm³/mol. The molecule has 94 valence electrons. The molecule has 0 unspecified atom stereocenters. The SMILES string of the molecule is Cc1nc(Cl)ccc1NC(=O)C1=NNC(=O)CC1. The molecule has 0 saturated heterocycles. The standard InChI is InChI=1S/C11H11ClN4O2/c1-6-7(2-4-9(12)13-6)14-11(18)8-3-5-10(17)16-15-8/h2,4H,3,5H2,1H3,(H,14,18)(H,16,17). The number of nitrogens with zero attached hydrogens (tertiary/aromatic N) is 2. The van der Waals surface area contributed by atoms with Gasteiger partial charge in [0, 0.05) is 12.8 Å². The Kier molecular flexibility index (Phi) is 3.57. The molecule has 2 N–H and O–H groups in total. The van der Waals surface area contributed by atoms with Gasteiger partial charge in [0.15, 0.2) is 0 Å². The quantitative estimate of drug-likeness (QED) is 0.790. The highest BCUT2D eigenvalue weighted by Crippen LogP contribution is 2.16. The Labute approximate surface area is 108 Å². The van der Waals surface area contributed by atoms with E-state index in [1.165, 1.54) is 0 Å². The van der Waals surface area contributed by atoms with Crippen molar-refractivity contribution in [2.45, 2.75) is 19.8 Å². The third-order valence-electron chi connectivity index (χ3n) is 2.47. The van der Waals surface area contributed by atoms with Crippen LogP contribution in [0.1, 0.15) is 18.5 Å². The maximum absolute atomic E-state index is 11.9. The van der Waals surface area contributed by atoms with Crippen molar-refractivity contribution >= 4 is 34.8 Å². The van der Waals surface area contributed by atoms with Crippen LogP contribution in [-0.4, -0.2) is 22.5 Å². The third kappa shape index (κ3) is 2.84. The van der Waals surface area contributed by atoms with Crippen molar-refractivity contribution in [2.24, 2.45) is 5.10 Å². The van der Waals surface area contributed by atoms with Crippen molar-refractivity contribution in [3.63, 3.8) is 0 Å². The van der Waals surface area contributed by atoms with E-state index in [0.29, 0.717) is 28.7 Å². The molecule has 0 aromatic carbocycles. The first-order valence-corrected chi connectivity index (χ1v) is 5.74. The fourth-order valence-corrected chi connectivity index (χ4v) is 1.68. The number of aryl methyl sites for hydroxylation is 1. The lowest BCUT2D eigenvalue weighted by Crippen LogP contribution is -2.32. The Morgan fingerprint density at radius 2 is 2.22 bits per heavy atom. The Morgan fingerprint density at radius 1 is 1.44 bits per heavy atom. The molecule has 1 aliphatic rings. The molecule has 0 bridgehead atoms. The monoisotopic (exact) mass is 266 g/mol. The molecule has 0 fully saturated rings. The minimum Gasteiger partial charge on any atom is -0.319 e. The summed E-state index contributed by atoms with van der Waals surface area (Å²) in [7, 11) is 0. The van der Waals surface area contributed by atoms with Gasteiger partial charge in [-0.3, -0.25) is 9.59 Å². The lowest BCUT2D eigenvalue weighted by molar-refractivity contribution is -0.121. The number of hydrogen-bond donors (Lipinski definition) is 2. The van der Waals surface area contributed by atoms with Crippen molar-refractivity contribution in [1.82, 2.24) is 10.4 Å². The van der Waals surface area contributed by atoms with Crippen LogP contribution in [0.15, 0.2) is 17.2 Å². The smallest absolute Gasteiger partial charge is 0.271 e. The van der Waals surface area contributed by atoms with E-state index in [2.05, 4.69) is 20.8 Å². The highest BCUT2D eigenvalue weighted by Gasteiger charge is 2.18. The number of carbonyl (C=O) groups excluding carboxylic acids is 2. The zero-order valence-electron chi connectivity index (χ0n) is 9.66. The number of halogens is 1. The molecule has 0 spiro atoms. The van der Waals surface area contributed by atoms with Gasteiger partial charge in [0.1, 0.15) is 10.9 Å². The van der Waals surface area contributed by atoms with Gasteiger partial charge in [-0.05, 0) is 19.1 Å². The normalized spacial score (nSPS) is 14.8. The number of rotatable bonds is 2. The summed E-state index contributed by atoms with van der Waals surface area (Å²) in [6.45, 7) is 1.74. The maximum atomic E-state index is 11.9. The van der Waals surface area contributed by atoms with E-state index in [-0.39, 0.29) is 18.2 Å². The molecule has 0 radical (unpaired) electrons. The molecule has 2 amide bonds. The summed E-state index contributed by atoms with van der Waals surface area (Å²) in [5.41, 5.74) is 3.76. The van der Waals surface area contributed by atoms with E-state index in [4.69, 9.17) is 11.6 Å². The molecule has 1 aromatic heterocycles. The van der Waals surface area contributed by atoms with Crippen LogP contribution in [0.2, 0.25) is 5.15 Å². The number of aromatic nitrogens is 1. The topological polar surface area (TPSA) is 83.4 Å². The van der Waals surface area contributed by atoms with Crippen LogP contribution in [0.5, 0.6) is 0 Å². The zero-order valence-corrected chi connectivity index (χ0v) is 10.4. The van der Waals surface area contributed by atoms with Gasteiger partial charge in [0.2, 0.25) is 5.91 Å². The number of anilines is 1. The lowest BCUT2D eigenvalue weighted by Gasteiger charge is -2.12. The summed E-state index contributed by atoms with van der Waals surface area (Å²) >= 11 is 5.72. The van der Waals surface area contributed by atoms with Gasteiger partial charge in [-0.25, -0.2) is 10.4 Å². The van der Waals surface area contributed by atoms with Crippen molar-refractivity contribution < 1.29 is 9.59 Å². The molecule has 1 aliphatic heterocycles. The number of hydrogen-bond acceptors (Lipinski definition) is 4. The van der Waals surface area contributed by atoms with Crippen LogP contribution in [0.4, 0.5) is 5.69 Å². The van der Waals surface area contributed by atoms with E-state index in [0.717, 1.165) is 0 Å². The van der Waals surface area contributed by atoms with Crippen LogP contribution in [0.3, 0.4) is 0 Å². The molecule has 0 atom stereocenters. The van der Waals surface area contributed by atoms with Gasteiger partial charge in [-0.15, -0.1) is 0 Å². The van der Waals surface area contributed by atoms with E-state index in [1.807, 2.05) is 0 Å². The number of amides is 2. The van der Waals surface area contributed by atoms with E-state index >= 15 is 0 Å². The summed E-state index contributed by atoms with van der Waals surface area (Å²) in [5.74, 6) is -0.530. The molecular weight excluding hydrogens is 256 g/mol. The molecule has 6 nitrogen and oxygen atoms in total. The van der Waals surface area contributed by atoms with Crippen LogP contribution in [0.25, 0.3) is 0 Å². The lowest BCUT2D eigenvalue weighted by atomic mass is 10.1. The van der Waals surface area contributed by atoms with Gasteiger partial charge in [-0.1, -0.05) is 11.6 Å². The highest BCUT2D eigenvalue weighted by atomic mass is 35.5. The highest BCUT2D eigenvalue weighted by molar-refractivity contribution is 6.43. The Morgan fingerprint density at radius 3 is 2.83 bits per heavy atom. The van der Waals surface area contributed by atoms with Gasteiger partial charge < -0.3 is 5.32 Å². The van der Waals surface area contributed by atoms with Crippen molar-refractivity contribution in [1.29, 1.82) is 0 Å². The molecule has 2 rings (SSSR count). The average Bonchev–Trinajstić information content (AvgIpc) is 2.33. The van der Waals surface area contributed by atoms with Crippen LogP contribution in [0, 0.1) is 6.92 Å². The molecular formula is C11H11ClN4O2. The summed E-state index contributed by atoms with van der Waals surface area (Å²) < 4.78 is 0. The first-order valence-electron chi connectivity index (χ1n) is 5.36. The second-order valence-electron chi connectivity index (χ2n) is 3.81. The second-order valence-corrected chi connectivity index (χ2v) is 4.20. The Bertz CT molecular complexity index is 542. The zero-order chi connectivity index (χ0) is 13.1.